The molecule has 9 heteroatoms. The van der Waals surface area contributed by atoms with Gasteiger partial charge in [0.2, 0.25) is 10.0 Å². The number of aliphatic carboxylic acids is 1. The predicted molar refractivity (Wildman–Crippen MR) is 126 cm³/mol. The summed E-state index contributed by atoms with van der Waals surface area (Å²) < 4.78 is 35.3. The summed E-state index contributed by atoms with van der Waals surface area (Å²) in [6.07, 6.45) is 7.58. The topological polar surface area (TPSA) is 102 Å². The average molecular weight is 470 g/mol. The monoisotopic (exact) mass is 469 g/mol. The molecule has 0 amide bonds. The van der Waals surface area contributed by atoms with Gasteiger partial charge in [0.15, 0.2) is 0 Å². The van der Waals surface area contributed by atoms with Crippen LogP contribution in [0, 0.1) is 6.92 Å². The minimum Gasteiger partial charge on any atom is -0.491 e. The normalized spacial score (nSPS) is 15.1. The van der Waals surface area contributed by atoms with E-state index >= 15 is 0 Å². The molecule has 8 nitrogen and oxygen atoms in total. The predicted octanol–water partition coefficient (Wildman–Crippen LogP) is 3.69. The molecule has 1 aliphatic rings. The van der Waals surface area contributed by atoms with Crippen molar-refractivity contribution in [2.45, 2.75) is 44.7 Å². The quantitative estimate of drug-likeness (QED) is 0.566. The minimum atomic E-state index is -3.65. The van der Waals surface area contributed by atoms with Crippen molar-refractivity contribution in [3.8, 4) is 5.75 Å². The number of nitrogens with zero attached hydrogens (tertiary/aromatic N) is 3. The molecule has 0 fully saturated rings. The molecule has 174 valence electrons. The van der Waals surface area contributed by atoms with Gasteiger partial charge < -0.3 is 14.4 Å². The number of sulfonamides is 1. The first kappa shape index (κ1) is 23.0. The lowest BCUT2D eigenvalue weighted by Gasteiger charge is -2.26. The second-order valence-corrected chi connectivity index (χ2v) is 10.3. The summed E-state index contributed by atoms with van der Waals surface area (Å²) in [6, 6.07) is 6.81. The van der Waals surface area contributed by atoms with Crippen molar-refractivity contribution in [2.75, 3.05) is 13.1 Å². The Morgan fingerprint density at radius 1 is 1.27 bits per heavy atom. The highest BCUT2D eigenvalue weighted by atomic mass is 32.2. The maximum atomic E-state index is 13.2. The average Bonchev–Trinajstić information content (AvgIpc) is 3.13. The highest BCUT2D eigenvalue weighted by molar-refractivity contribution is 7.89. The molecule has 1 aliphatic heterocycles. The maximum Gasteiger partial charge on any atom is 0.323 e. The van der Waals surface area contributed by atoms with E-state index in [1.807, 2.05) is 39.1 Å². The molecule has 1 N–H and O–H groups in total. The van der Waals surface area contributed by atoms with E-state index < -0.39 is 16.0 Å². The van der Waals surface area contributed by atoms with Crippen molar-refractivity contribution >= 4 is 32.5 Å². The van der Waals surface area contributed by atoms with Gasteiger partial charge >= 0.3 is 5.97 Å². The molecule has 1 aromatic carbocycles. The summed E-state index contributed by atoms with van der Waals surface area (Å²) >= 11 is 0. The fourth-order valence-corrected chi connectivity index (χ4v) is 5.57. The number of aromatic nitrogens is 2. The van der Waals surface area contributed by atoms with Crippen LogP contribution in [0.2, 0.25) is 0 Å². The van der Waals surface area contributed by atoms with Crippen LogP contribution < -0.4 is 4.74 Å². The highest BCUT2D eigenvalue weighted by Gasteiger charge is 2.28. The summed E-state index contributed by atoms with van der Waals surface area (Å²) in [6.45, 7) is 6.12. The van der Waals surface area contributed by atoms with Crippen LogP contribution in [-0.4, -0.2) is 52.5 Å². The standard InChI is InChI=1S/C24H27N3O5S/c1-16(2)32-23-5-4-19(12-17(23)3)33(30,31)27-10-7-18(8-11-27)21-14-26(15-24(28)29)22-13-25-9-6-20(21)22/h4-7,9,12-14,16H,8,10-11,15H2,1-3H3,(H,28,29). The molecule has 0 saturated carbocycles. The maximum absolute atomic E-state index is 13.2. The molecule has 0 bridgehead atoms. The Hall–Kier alpha value is -3.17. The third-order valence-corrected chi connectivity index (χ3v) is 7.52. The molecule has 0 saturated heterocycles. The number of hydrogen-bond donors (Lipinski definition) is 1. The van der Waals surface area contributed by atoms with Crippen molar-refractivity contribution in [1.29, 1.82) is 0 Å². The van der Waals surface area contributed by atoms with Gasteiger partial charge in [-0.1, -0.05) is 6.08 Å². The number of ether oxygens (including phenoxy) is 1. The van der Waals surface area contributed by atoms with Gasteiger partial charge in [-0.3, -0.25) is 9.78 Å². The van der Waals surface area contributed by atoms with E-state index in [0.29, 0.717) is 18.7 Å². The number of benzene rings is 1. The first-order valence-corrected chi connectivity index (χ1v) is 12.2. The number of fused-ring (bicyclic) bond motifs is 1. The van der Waals surface area contributed by atoms with Gasteiger partial charge in [0.25, 0.3) is 0 Å². The number of carboxylic acid groups (broad SMARTS) is 1. The van der Waals surface area contributed by atoms with Gasteiger partial charge in [-0.25, -0.2) is 8.42 Å². The highest BCUT2D eigenvalue weighted by Crippen LogP contribution is 2.32. The lowest BCUT2D eigenvalue weighted by Crippen LogP contribution is -2.34. The molecule has 4 rings (SSSR count). The van der Waals surface area contributed by atoms with Crippen molar-refractivity contribution < 1.29 is 23.1 Å². The Morgan fingerprint density at radius 2 is 2.06 bits per heavy atom. The Balaban J connectivity index is 1.59. The van der Waals surface area contributed by atoms with Crippen molar-refractivity contribution in [1.82, 2.24) is 13.9 Å². The largest absolute Gasteiger partial charge is 0.491 e. The molecule has 2 aromatic heterocycles. The SMILES string of the molecule is Cc1cc(S(=O)(=O)N2CC=C(c3cn(CC(=O)O)c4cnccc34)CC2)ccc1OC(C)C. The number of hydrogen-bond acceptors (Lipinski definition) is 5. The van der Waals surface area contributed by atoms with Gasteiger partial charge in [0, 0.05) is 36.4 Å². The van der Waals surface area contributed by atoms with E-state index in [2.05, 4.69) is 4.98 Å². The van der Waals surface area contributed by atoms with Gasteiger partial charge in [-0.2, -0.15) is 4.31 Å². The summed E-state index contributed by atoms with van der Waals surface area (Å²) in [4.78, 5) is 15.6. The van der Waals surface area contributed by atoms with Crippen LogP contribution in [0.3, 0.4) is 0 Å². The van der Waals surface area contributed by atoms with Crippen LogP contribution in [0.5, 0.6) is 5.75 Å². The number of aryl methyl sites for hydroxylation is 1. The van der Waals surface area contributed by atoms with Crippen LogP contribution >= 0.6 is 0 Å². The zero-order valence-electron chi connectivity index (χ0n) is 18.9. The molecular weight excluding hydrogens is 442 g/mol. The number of rotatable bonds is 7. The Labute approximate surface area is 193 Å². The fraction of sp³-hybridized carbons (Fsp3) is 0.333. The minimum absolute atomic E-state index is 0.00837. The van der Waals surface area contributed by atoms with Crippen LogP contribution in [0.25, 0.3) is 16.5 Å². The number of carbonyl (C=O) groups is 1. The van der Waals surface area contributed by atoms with Crippen LogP contribution in [0.15, 0.2) is 53.8 Å². The molecule has 0 spiro atoms. The molecule has 33 heavy (non-hydrogen) atoms. The molecule has 3 aromatic rings. The summed E-state index contributed by atoms with van der Waals surface area (Å²) in [5.74, 6) is -0.255. The zero-order chi connectivity index (χ0) is 23.8. The Bertz CT molecular complexity index is 1340. The molecule has 3 heterocycles. The molecule has 0 radical (unpaired) electrons. The van der Waals surface area contributed by atoms with Crippen molar-refractivity contribution in [3.63, 3.8) is 0 Å². The van der Waals surface area contributed by atoms with Gasteiger partial charge in [0.1, 0.15) is 12.3 Å². The molecule has 0 unspecified atom stereocenters. The van der Waals surface area contributed by atoms with Gasteiger partial charge in [-0.15, -0.1) is 0 Å². The first-order chi connectivity index (χ1) is 15.7. The van der Waals surface area contributed by atoms with E-state index in [9.17, 15) is 18.3 Å². The fourth-order valence-electron chi connectivity index (χ4n) is 4.10. The smallest absolute Gasteiger partial charge is 0.323 e. The summed E-state index contributed by atoms with van der Waals surface area (Å²) in [7, 11) is -3.65. The van der Waals surface area contributed by atoms with Crippen LogP contribution in [0.4, 0.5) is 0 Å². The second-order valence-electron chi connectivity index (χ2n) is 8.39. The third kappa shape index (κ3) is 4.65. The lowest BCUT2D eigenvalue weighted by atomic mass is 10.0. The number of carboxylic acids is 1. The lowest BCUT2D eigenvalue weighted by molar-refractivity contribution is -0.137. The van der Waals surface area contributed by atoms with Crippen molar-refractivity contribution in [2.24, 2.45) is 0 Å². The van der Waals surface area contributed by atoms with E-state index in [1.54, 1.807) is 35.2 Å². The number of pyridine rings is 1. The zero-order valence-corrected chi connectivity index (χ0v) is 19.7. The van der Waals surface area contributed by atoms with Gasteiger partial charge in [-0.05, 0) is 62.6 Å². The van der Waals surface area contributed by atoms with E-state index in [4.69, 9.17) is 4.74 Å². The third-order valence-electron chi connectivity index (χ3n) is 5.65. The van der Waals surface area contributed by atoms with Gasteiger partial charge in [0.05, 0.1) is 22.7 Å². The van der Waals surface area contributed by atoms with E-state index in [-0.39, 0.29) is 24.1 Å². The van der Waals surface area contributed by atoms with Crippen molar-refractivity contribution in [3.05, 3.63) is 60.1 Å². The van der Waals surface area contributed by atoms with E-state index in [0.717, 1.165) is 27.6 Å². The Kier molecular flexibility index (Phi) is 6.27. The second kappa shape index (κ2) is 8.99. The molecule has 0 atom stereocenters. The Morgan fingerprint density at radius 3 is 2.70 bits per heavy atom. The first-order valence-electron chi connectivity index (χ1n) is 10.8. The summed E-state index contributed by atoms with van der Waals surface area (Å²) in [5.41, 5.74) is 3.43. The molecular formula is C24H27N3O5S. The summed E-state index contributed by atoms with van der Waals surface area (Å²) in [5, 5.41) is 10.1. The van der Waals surface area contributed by atoms with Crippen LogP contribution in [-0.2, 0) is 21.4 Å². The van der Waals surface area contributed by atoms with E-state index in [1.165, 1.54) is 4.31 Å². The van der Waals surface area contributed by atoms with Crippen LogP contribution in [0.1, 0.15) is 31.4 Å². The molecule has 0 aliphatic carbocycles.